The average molecular weight is 261 g/mol. The number of carbonyl (C=O) groups is 1. The first-order valence-electron chi connectivity index (χ1n) is 3.52. The van der Waals surface area contributed by atoms with E-state index >= 15 is 0 Å². The molecule has 0 amide bonds. The molecular formula is C7H5BrN2O4. The summed E-state index contributed by atoms with van der Waals surface area (Å²) >= 11 is 2.89. The first-order valence-corrected chi connectivity index (χ1v) is 4.31. The van der Waals surface area contributed by atoms with E-state index in [-0.39, 0.29) is 22.4 Å². The zero-order valence-electron chi connectivity index (χ0n) is 6.81. The Morgan fingerprint density at radius 1 is 1.64 bits per heavy atom. The van der Waals surface area contributed by atoms with Crippen LogP contribution in [-0.2, 0) is 11.2 Å². The standard InChI is InChI=1S/C7H5BrN2O4/c8-7-5(10(13)14)2-1-4(9-7)3-6(11)12/h1-2H,3H2,(H,11,12). The molecule has 0 saturated carbocycles. The third-order valence-corrected chi connectivity index (χ3v) is 2.00. The number of aromatic nitrogens is 1. The zero-order valence-corrected chi connectivity index (χ0v) is 8.39. The van der Waals surface area contributed by atoms with E-state index in [0.717, 1.165) is 0 Å². The van der Waals surface area contributed by atoms with Gasteiger partial charge in [-0.25, -0.2) is 4.98 Å². The van der Waals surface area contributed by atoms with Gasteiger partial charge in [0.1, 0.15) is 0 Å². The van der Waals surface area contributed by atoms with Crippen molar-refractivity contribution in [3.05, 3.63) is 32.5 Å². The van der Waals surface area contributed by atoms with Gasteiger partial charge >= 0.3 is 11.7 Å². The largest absolute Gasteiger partial charge is 0.481 e. The lowest BCUT2D eigenvalue weighted by Crippen LogP contribution is -2.03. The van der Waals surface area contributed by atoms with Crippen LogP contribution in [0.25, 0.3) is 0 Å². The summed E-state index contributed by atoms with van der Waals surface area (Å²) in [6.45, 7) is 0. The van der Waals surface area contributed by atoms with Crippen LogP contribution in [0.2, 0.25) is 0 Å². The lowest BCUT2D eigenvalue weighted by molar-refractivity contribution is -0.386. The molecule has 0 saturated heterocycles. The molecule has 0 aromatic carbocycles. The van der Waals surface area contributed by atoms with Crippen LogP contribution in [0.15, 0.2) is 16.7 Å². The first kappa shape index (κ1) is 10.6. The summed E-state index contributed by atoms with van der Waals surface area (Å²) in [6, 6.07) is 2.53. The van der Waals surface area contributed by atoms with Gasteiger partial charge in [0.2, 0.25) is 0 Å². The molecule has 7 heteroatoms. The summed E-state index contributed by atoms with van der Waals surface area (Å²) in [5.41, 5.74) is 0.0918. The molecule has 0 atom stereocenters. The molecule has 6 nitrogen and oxygen atoms in total. The van der Waals surface area contributed by atoms with Crippen LogP contribution in [-0.4, -0.2) is 21.0 Å². The fraction of sp³-hybridized carbons (Fsp3) is 0.143. The van der Waals surface area contributed by atoms with Crippen molar-refractivity contribution in [2.45, 2.75) is 6.42 Å². The van der Waals surface area contributed by atoms with Crippen molar-refractivity contribution in [1.29, 1.82) is 0 Å². The van der Waals surface area contributed by atoms with Gasteiger partial charge in [0.25, 0.3) is 0 Å². The molecule has 1 rings (SSSR count). The molecular weight excluding hydrogens is 256 g/mol. The Morgan fingerprint density at radius 2 is 2.29 bits per heavy atom. The molecule has 1 heterocycles. The molecule has 0 radical (unpaired) electrons. The molecule has 0 fully saturated rings. The highest BCUT2D eigenvalue weighted by Crippen LogP contribution is 2.22. The van der Waals surface area contributed by atoms with Gasteiger partial charge in [0.05, 0.1) is 17.0 Å². The van der Waals surface area contributed by atoms with E-state index in [4.69, 9.17) is 5.11 Å². The summed E-state index contributed by atoms with van der Waals surface area (Å²) in [5, 5.41) is 18.8. The molecule has 1 aromatic heterocycles. The highest BCUT2D eigenvalue weighted by molar-refractivity contribution is 9.10. The quantitative estimate of drug-likeness (QED) is 0.504. The maximum Gasteiger partial charge on any atom is 0.309 e. The zero-order chi connectivity index (χ0) is 10.7. The molecule has 14 heavy (non-hydrogen) atoms. The van der Waals surface area contributed by atoms with E-state index in [2.05, 4.69) is 20.9 Å². The minimum absolute atomic E-state index is 0.0428. The third-order valence-electron chi connectivity index (χ3n) is 1.42. The van der Waals surface area contributed by atoms with Gasteiger partial charge in [-0.3, -0.25) is 14.9 Å². The normalized spacial score (nSPS) is 9.79. The van der Waals surface area contributed by atoms with Gasteiger partial charge in [0, 0.05) is 6.07 Å². The monoisotopic (exact) mass is 260 g/mol. The van der Waals surface area contributed by atoms with Gasteiger partial charge in [-0.15, -0.1) is 0 Å². The van der Waals surface area contributed by atoms with Crippen LogP contribution in [0.3, 0.4) is 0 Å². The third kappa shape index (κ3) is 2.49. The predicted molar refractivity (Wildman–Crippen MR) is 49.9 cm³/mol. The van der Waals surface area contributed by atoms with Crippen molar-refractivity contribution in [3.63, 3.8) is 0 Å². The van der Waals surface area contributed by atoms with E-state index in [9.17, 15) is 14.9 Å². The summed E-state index contributed by atoms with van der Waals surface area (Å²) < 4.78 is 0.0428. The maximum absolute atomic E-state index is 10.4. The number of hydrogen-bond acceptors (Lipinski definition) is 4. The second-order valence-corrected chi connectivity index (χ2v) is 3.19. The average Bonchev–Trinajstić information content (AvgIpc) is 2.01. The molecule has 1 aromatic rings. The summed E-state index contributed by atoms with van der Waals surface area (Å²) in [7, 11) is 0. The molecule has 1 N–H and O–H groups in total. The topological polar surface area (TPSA) is 93.3 Å². The van der Waals surface area contributed by atoms with E-state index in [1.165, 1.54) is 12.1 Å². The number of carboxylic acid groups (broad SMARTS) is 1. The van der Waals surface area contributed by atoms with Gasteiger partial charge in [-0.1, -0.05) is 0 Å². The summed E-state index contributed by atoms with van der Waals surface area (Å²) in [4.78, 5) is 23.8. The van der Waals surface area contributed by atoms with Crippen LogP contribution in [0.1, 0.15) is 5.69 Å². The Balaban J connectivity index is 3.00. The maximum atomic E-state index is 10.4. The van der Waals surface area contributed by atoms with Gasteiger partial charge in [-0.05, 0) is 22.0 Å². The highest BCUT2D eigenvalue weighted by Gasteiger charge is 2.14. The number of pyridine rings is 1. The summed E-state index contributed by atoms with van der Waals surface area (Å²) in [6.07, 6.45) is -0.253. The SMILES string of the molecule is O=C(O)Cc1ccc([N+](=O)[O-])c(Br)n1. The Hall–Kier alpha value is -1.50. The van der Waals surface area contributed by atoms with Gasteiger partial charge < -0.3 is 5.11 Å². The number of nitrogens with zero attached hydrogens (tertiary/aromatic N) is 2. The van der Waals surface area contributed by atoms with E-state index < -0.39 is 10.9 Å². The van der Waals surface area contributed by atoms with Crippen LogP contribution in [0.5, 0.6) is 0 Å². The van der Waals surface area contributed by atoms with Gasteiger partial charge in [0.15, 0.2) is 4.60 Å². The lowest BCUT2D eigenvalue weighted by atomic mass is 10.2. The second kappa shape index (κ2) is 4.14. The Morgan fingerprint density at radius 3 is 2.71 bits per heavy atom. The fourth-order valence-corrected chi connectivity index (χ4v) is 1.36. The molecule has 0 aliphatic heterocycles. The molecule has 0 unspecified atom stereocenters. The Labute approximate surface area is 86.9 Å². The van der Waals surface area contributed by atoms with Crippen molar-refractivity contribution in [3.8, 4) is 0 Å². The van der Waals surface area contributed by atoms with Gasteiger partial charge in [-0.2, -0.15) is 0 Å². The van der Waals surface area contributed by atoms with Crippen LogP contribution >= 0.6 is 15.9 Å². The number of carboxylic acids is 1. The highest BCUT2D eigenvalue weighted by atomic mass is 79.9. The van der Waals surface area contributed by atoms with Crippen molar-refractivity contribution in [2.75, 3.05) is 0 Å². The molecule has 0 bridgehead atoms. The molecule has 0 aliphatic carbocycles. The molecule has 0 spiro atoms. The molecule has 0 aliphatic rings. The van der Waals surface area contributed by atoms with Crippen molar-refractivity contribution in [1.82, 2.24) is 4.98 Å². The van der Waals surface area contributed by atoms with Crippen molar-refractivity contribution in [2.24, 2.45) is 0 Å². The first-order chi connectivity index (χ1) is 6.50. The Kier molecular flexibility index (Phi) is 3.13. The lowest BCUT2D eigenvalue weighted by Gasteiger charge is -1.98. The number of hydrogen-bond donors (Lipinski definition) is 1. The van der Waals surface area contributed by atoms with Crippen LogP contribution in [0.4, 0.5) is 5.69 Å². The van der Waals surface area contributed by atoms with E-state index in [0.29, 0.717) is 0 Å². The molecule has 74 valence electrons. The minimum atomic E-state index is -1.03. The second-order valence-electron chi connectivity index (χ2n) is 2.44. The predicted octanol–water partition coefficient (Wildman–Crippen LogP) is 1.38. The van der Waals surface area contributed by atoms with Crippen LogP contribution < -0.4 is 0 Å². The number of aliphatic carboxylic acids is 1. The smallest absolute Gasteiger partial charge is 0.309 e. The fourth-order valence-electron chi connectivity index (χ4n) is 0.854. The van der Waals surface area contributed by atoms with E-state index in [1.54, 1.807) is 0 Å². The van der Waals surface area contributed by atoms with E-state index in [1.807, 2.05) is 0 Å². The number of rotatable bonds is 3. The van der Waals surface area contributed by atoms with Crippen molar-refractivity contribution < 1.29 is 14.8 Å². The number of nitro groups is 1. The Bertz CT molecular complexity index is 393. The number of halogens is 1. The summed E-state index contributed by atoms with van der Waals surface area (Å²) in [5.74, 6) is -1.03. The minimum Gasteiger partial charge on any atom is -0.481 e. The van der Waals surface area contributed by atoms with Crippen molar-refractivity contribution >= 4 is 27.6 Å². The van der Waals surface area contributed by atoms with Crippen LogP contribution in [0, 0.1) is 10.1 Å².